The van der Waals surface area contributed by atoms with Crippen molar-refractivity contribution in [3.63, 3.8) is 0 Å². The minimum absolute atomic E-state index is 0.0476. The molecule has 158 valence electrons. The molecular weight excluding hydrogens is 366 g/mol. The molecule has 2 aromatic heterocycles. The second-order valence-corrected chi connectivity index (χ2v) is 8.46. The van der Waals surface area contributed by atoms with Crippen LogP contribution in [0.5, 0.6) is 0 Å². The number of hydrogen-bond acceptors (Lipinski definition) is 6. The number of nitrogens with one attached hydrogen (secondary N) is 2. The van der Waals surface area contributed by atoms with Crippen molar-refractivity contribution in [1.82, 2.24) is 25.5 Å². The maximum absolute atomic E-state index is 5.82. The fraction of sp³-hybridized carbons (Fsp3) is 0.571. The van der Waals surface area contributed by atoms with Gasteiger partial charge in [0.15, 0.2) is 5.96 Å². The highest BCUT2D eigenvalue weighted by Gasteiger charge is 2.19. The standard InChI is InChI=1S/C21H33N7O/c1-21(2,3)17-14-24-19(29-17)15-26-20(22-4)25-13-16-6-7-23-18(12-16)28-10-8-27(5)9-11-28/h6-7,12,14H,8-11,13,15H2,1-5H3,(H2,22,25,26). The van der Waals surface area contributed by atoms with Gasteiger partial charge in [-0.25, -0.2) is 9.97 Å². The van der Waals surface area contributed by atoms with Crippen LogP contribution in [0, 0.1) is 0 Å². The highest BCUT2D eigenvalue weighted by molar-refractivity contribution is 5.79. The smallest absolute Gasteiger partial charge is 0.213 e. The van der Waals surface area contributed by atoms with E-state index in [1.54, 1.807) is 13.2 Å². The summed E-state index contributed by atoms with van der Waals surface area (Å²) < 4.78 is 5.82. The topological polar surface area (TPSA) is 81.8 Å². The van der Waals surface area contributed by atoms with Crippen LogP contribution in [0.3, 0.4) is 0 Å². The third-order valence-electron chi connectivity index (χ3n) is 5.02. The first-order valence-electron chi connectivity index (χ1n) is 10.1. The maximum atomic E-state index is 5.82. The number of guanidine groups is 1. The Labute approximate surface area is 173 Å². The normalized spacial score (nSPS) is 16.2. The van der Waals surface area contributed by atoms with Gasteiger partial charge < -0.3 is 24.9 Å². The van der Waals surface area contributed by atoms with Crippen molar-refractivity contribution in [3.8, 4) is 0 Å². The molecule has 8 heteroatoms. The summed E-state index contributed by atoms with van der Waals surface area (Å²) in [7, 11) is 3.92. The Bertz CT molecular complexity index is 816. The summed E-state index contributed by atoms with van der Waals surface area (Å²) in [5, 5.41) is 6.60. The van der Waals surface area contributed by atoms with Gasteiger partial charge in [-0.3, -0.25) is 4.99 Å². The lowest BCUT2D eigenvalue weighted by atomic mass is 9.94. The Balaban J connectivity index is 1.52. The molecule has 3 rings (SSSR count). The van der Waals surface area contributed by atoms with Gasteiger partial charge in [-0.05, 0) is 24.7 Å². The Morgan fingerprint density at radius 1 is 1.14 bits per heavy atom. The molecule has 0 spiro atoms. The van der Waals surface area contributed by atoms with E-state index in [1.165, 1.54) is 5.56 Å². The molecule has 1 aliphatic rings. The van der Waals surface area contributed by atoms with Crippen LogP contribution in [0.2, 0.25) is 0 Å². The Hall–Kier alpha value is -2.61. The Morgan fingerprint density at radius 2 is 1.86 bits per heavy atom. The molecule has 0 atom stereocenters. The van der Waals surface area contributed by atoms with Crippen LogP contribution in [0.4, 0.5) is 5.82 Å². The maximum Gasteiger partial charge on any atom is 0.213 e. The fourth-order valence-electron chi connectivity index (χ4n) is 3.08. The molecule has 0 aromatic carbocycles. The molecule has 2 N–H and O–H groups in total. The van der Waals surface area contributed by atoms with Crippen molar-refractivity contribution >= 4 is 11.8 Å². The highest BCUT2D eigenvalue weighted by atomic mass is 16.4. The van der Waals surface area contributed by atoms with Crippen LogP contribution in [0.1, 0.15) is 38.0 Å². The van der Waals surface area contributed by atoms with Crippen molar-refractivity contribution in [2.75, 3.05) is 45.2 Å². The minimum atomic E-state index is -0.0476. The van der Waals surface area contributed by atoms with Gasteiger partial charge in [0, 0.05) is 51.4 Å². The zero-order valence-corrected chi connectivity index (χ0v) is 18.2. The minimum Gasteiger partial charge on any atom is -0.443 e. The van der Waals surface area contributed by atoms with Gasteiger partial charge in [0.2, 0.25) is 5.89 Å². The predicted octanol–water partition coefficient (Wildman–Crippen LogP) is 1.98. The highest BCUT2D eigenvalue weighted by Crippen LogP contribution is 2.22. The quantitative estimate of drug-likeness (QED) is 0.588. The Kier molecular flexibility index (Phi) is 6.74. The van der Waals surface area contributed by atoms with E-state index in [9.17, 15) is 0 Å². The summed E-state index contributed by atoms with van der Waals surface area (Å²) in [6, 6.07) is 4.18. The van der Waals surface area contributed by atoms with E-state index < -0.39 is 0 Å². The van der Waals surface area contributed by atoms with Crippen molar-refractivity contribution in [3.05, 3.63) is 41.7 Å². The predicted molar refractivity (Wildman–Crippen MR) is 116 cm³/mol. The second-order valence-electron chi connectivity index (χ2n) is 8.46. The second kappa shape index (κ2) is 9.26. The average molecular weight is 400 g/mol. The van der Waals surface area contributed by atoms with Gasteiger partial charge in [-0.2, -0.15) is 0 Å². The van der Waals surface area contributed by atoms with E-state index in [4.69, 9.17) is 4.42 Å². The number of aliphatic imine (C=N–C) groups is 1. The first-order valence-corrected chi connectivity index (χ1v) is 10.1. The van der Waals surface area contributed by atoms with Gasteiger partial charge in [-0.1, -0.05) is 20.8 Å². The lowest BCUT2D eigenvalue weighted by Crippen LogP contribution is -2.44. The molecule has 29 heavy (non-hydrogen) atoms. The van der Waals surface area contributed by atoms with Gasteiger partial charge >= 0.3 is 0 Å². The lowest BCUT2D eigenvalue weighted by Gasteiger charge is -2.33. The summed E-state index contributed by atoms with van der Waals surface area (Å²) in [5.74, 6) is 3.28. The van der Waals surface area contributed by atoms with E-state index in [0.29, 0.717) is 24.9 Å². The third-order valence-corrected chi connectivity index (χ3v) is 5.02. The summed E-state index contributed by atoms with van der Waals surface area (Å²) in [6.45, 7) is 11.6. The summed E-state index contributed by atoms with van der Waals surface area (Å²) in [4.78, 5) is 17.9. The molecule has 0 aliphatic carbocycles. The van der Waals surface area contributed by atoms with Crippen molar-refractivity contribution < 1.29 is 4.42 Å². The van der Waals surface area contributed by atoms with Gasteiger partial charge in [0.25, 0.3) is 0 Å². The van der Waals surface area contributed by atoms with Crippen LogP contribution >= 0.6 is 0 Å². The van der Waals surface area contributed by atoms with E-state index in [1.807, 2.05) is 12.3 Å². The van der Waals surface area contributed by atoms with Crippen molar-refractivity contribution in [2.45, 2.75) is 39.3 Å². The summed E-state index contributed by atoms with van der Waals surface area (Å²) in [5.41, 5.74) is 1.12. The third kappa shape index (κ3) is 5.93. The fourth-order valence-corrected chi connectivity index (χ4v) is 3.08. The number of anilines is 1. The van der Waals surface area contributed by atoms with Crippen LogP contribution in [0.15, 0.2) is 33.9 Å². The Morgan fingerprint density at radius 3 is 2.52 bits per heavy atom. The zero-order valence-electron chi connectivity index (χ0n) is 18.2. The molecule has 0 saturated carbocycles. The molecule has 2 aromatic rings. The van der Waals surface area contributed by atoms with E-state index in [2.05, 4.69) is 69.3 Å². The largest absolute Gasteiger partial charge is 0.443 e. The molecule has 0 amide bonds. The lowest BCUT2D eigenvalue weighted by molar-refractivity contribution is 0.312. The number of rotatable bonds is 5. The number of pyridine rings is 1. The number of piperazine rings is 1. The van der Waals surface area contributed by atoms with E-state index in [-0.39, 0.29) is 5.41 Å². The molecule has 1 aliphatic heterocycles. The van der Waals surface area contributed by atoms with Crippen molar-refractivity contribution in [1.29, 1.82) is 0 Å². The molecule has 1 fully saturated rings. The van der Waals surface area contributed by atoms with Crippen LogP contribution in [0.25, 0.3) is 0 Å². The molecule has 0 radical (unpaired) electrons. The monoisotopic (exact) mass is 399 g/mol. The summed E-state index contributed by atoms with van der Waals surface area (Å²) in [6.07, 6.45) is 3.67. The van der Waals surface area contributed by atoms with Gasteiger partial charge in [0.05, 0.1) is 12.7 Å². The molecule has 0 unspecified atom stereocenters. The number of nitrogens with zero attached hydrogens (tertiary/aromatic N) is 5. The van der Waals surface area contributed by atoms with Crippen LogP contribution in [-0.4, -0.2) is 61.1 Å². The first kappa shape index (κ1) is 21.1. The van der Waals surface area contributed by atoms with Crippen LogP contribution < -0.4 is 15.5 Å². The van der Waals surface area contributed by atoms with Crippen LogP contribution in [-0.2, 0) is 18.5 Å². The molecule has 1 saturated heterocycles. The van der Waals surface area contributed by atoms with E-state index in [0.717, 1.165) is 37.8 Å². The first-order chi connectivity index (χ1) is 13.8. The van der Waals surface area contributed by atoms with E-state index >= 15 is 0 Å². The number of hydrogen-bond donors (Lipinski definition) is 2. The number of aromatic nitrogens is 2. The molecule has 3 heterocycles. The SMILES string of the molecule is CN=C(NCc1ccnc(N2CCN(C)CC2)c1)NCc1ncc(C(C)(C)C)o1. The molecular formula is C21H33N7O. The zero-order chi connectivity index (χ0) is 20.9. The van der Waals surface area contributed by atoms with Crippen molar-refractivity contribution in [2.24, 2.45) is 4.99 Å². The number of oxazole rings is 1. The van der Waals surface area contributed by atoms with Gasteiger partial charge in [0.1, 0.15) is 11.6 Å². The molecule has 0 bridgehead atoms. The average Bonchev–Trinajstić information content (AvgIpc) is 3.18. The molecule has 8 nitrogen and oxygen atoms in total. The summed E-state index contributed by atoms with van der Waals surface area (Å²) >= 11 is 0. The van der Waals surface area contributed by atoms with Gasteiger partial charge in [-0.15, -0.1) is 0 Å². The number of likely N-dealkylation sites (N-methyl/N-ethyl adjacent to an activating group) is 1.